The molecule has 3 N–H and O–H groups in total. The summed E-state index contributed by atoms with van der Waals surface area (Å²) in [5.41, 5.74) is 4.42. The van der Waals surface area contributed by atoms with E-state index in [0.29, 0.717) is 12.0 Å². The predicted octanol–water partition coefficient (Wildman–Crippen LogP) is 6.56. The van der Waals surface area contributed by atoms with Crippen LogP contribution in [0.25, 0.3) is 0 Å². The van der Waals surface area contributed by atoms with Crippen LogP contribution in [0.2, 0.25) is 0 Å². The molecule has 0 fully saturated rings. The number of allylic oxidation sites excluding steroid dienone is 11. The largest absolute Gasteiger partial charge is 0.454 e. The molecule has 50 heavy (non-hydrogen) atoms. The van der Waals surface area contributed by atoms with Crippen LogP contribution in [-0.2, 0) is 28.6 Å². The van der Waals surface area contributed by atoms with Gasteiger partial charge in [-0.25, -0.2) is 4.79 Å². The maximum Gasteiger partial charge on any atom is 0.334 e. The first kappa shape index (κ1) is 44.0. The van der Waals surface area contributed by atoms with Crippen LogP contribution in [0.4, 0.5) is 0 Å². The van der Waals surface area contributed by atoms with Gasteiger partial charge in [0, 0.05) is 32.3 Å². The summed E-state index contributed by atoms with van der Waals surface area (Å²) in [5, 5.41) is 14.3. The van der Waals surface area contributed by atoms with Crippen molar-refractivity contribution < 1.29 is 33.7 Å². The molecule has 9 nitrogen and oxygen atoms in total. The number of amides is 2. The van der Waals surface area contributed by atoms with Gasteiger partial charge in [0.25, 0.3) is 0 Å². The molecule has 6 atom stereocenters. The first-order valence-corrected chi connectivity index (χ1v) is 17.3. The van der Waals surface area contributed by atoms with Gasteiger partial charge in [0.05, 0.1) is 18.8 Å². The van der Waals surface area contributed by atoms with Crippen LogP contribution in [0.15, 0.2) is 107 Å². The van der Waals surface area contributed by atoms with Crippen molar-refractivity contribution in [2.24, 2.45) is 11.8 Å². The summed E-state index contributed by atoms with van der Waals surface area (Å²) in [6.45, 7) is 13.4. The van der Waals surface area contributed by atoms with E-state index in [1.165, 1.54) is 5.57 Å². The van der Waals surface area contributed by atoms with Crippen molar-refractivity contribution in [2.45, 2.75) is 92.1 Å². The van der Waals surface area contributed by atoms with Gasteiger partial charge < -0.3 is 30.0 Å². The van der Waals surface area contributed by atoms with Crippen molar-refractivity contribution >= 4 is 18.3 Å². The van der Waals surface area contributed by atoms with Crippen molar-refractivity contribution in [3.05, 3.63) is 107 Å². The lowest BCUT2D eigenvalue weighted by molar-refractivity contribution is -0.144. The molecule has 0 aromatic heterocycles. The lowest BCUT2D eigenvalue weighted by Gasteiger charge is -2.23. The lowest BCUT2D eigenvalue weighted by atomic mass is 9.96. The molecule has 1 aliphatic heterocycles. The van der Waals surface area contributed by atoms with Crippen LogP contribution < -0.4 is 10.6 Å². The summed E-state index contributed by atoms with van der Waals surface area (Å²) in [6.07, 6.45) is 28.4. The molecule has 2 amide bonds. The van der Waals surface area contributed by atoms with Gasteiger partial charge in [-0.05, 0) is 65.4 Å². The van der Waals surface area contributed by atoms with Gasteiger partial charge in [-0.15, -0.1) is 0 Å². The van der Waals surface area contributed by atoms with E-state index in [9.17, 15) is 19.5 Å². The molecule has 0 saturated carbocycles. The smallest absolute Gasteiger partial charge is 0.334 e. The van der Waals surface area contributed by atoms with Crippen molar-refractivity contribution in [3.8, 4) is 0 Å². The number of carbonyl (C=O) groups is 3. The van der Waals surface area contributed by atoms with Crippen LogP contribution in [0.1, 0.15) is 67.7 Å². The number of cyclic esters (lactones) is 1. The number of hydrogen-bond acceptors (Lipinski definition) is 7. The Kier molecular flexibility index (Phi) is 22.0. The zero-order valence-corrected chi connectivity index (χ0v) is 31.5. The number of hydrogen-bond donors (Lipinski definition) is 3. The number of aliphatic hydroxyl groups is 1. The van der Waals surface area contributed by atoms with Gasteiger partial charge in [0.15, 0.2) is 0 Å². The van der Waals surface area contributed by atoms with Crippen LogP contribution in [-0.4, -0.2) is 75.1 Å². The monoisotopic (exact) mass is 692 g/mol. The zero-order valence-electron chi connectivity index (χ0n) is 31.5. The number of methoxy groups -OCH3 is 2. The molecule has 0 saturated heterocycles. The summed E-state index contributed by atoms with van der Waals surface area (Å²) in [4.78, 5) is 36.3. The van der Waals surface area contributed by atoms with E-state index in [2.05, 4.69) is 41.9 Å². The number of esters is 1. The Labute approximate surface area is 300 Å². The van der Waals surface area contributed by atoms with E-state index >= 15 is 0 Å². The van der Waals surface area contributed by atoms with Crippen LogP contribution in [0, 0.1) is 11.8 Å². The van der Waals surface area contributed by atoms with Gasteiger partial charge in [0.2, 0.25) is 12.3 Å². The van der Waals surface area contributed by atoms with Crippen molar-refractivity contribution in [3.63, 3.8) is 0 Å². The SMILES string of the molecule is COC1C=C(C)C=CC(C)C=C(C)C(=O)OC(C(C)=CC=C(C)CNC(=O)C(CO)NC=O)C(C)C=CC=CC(OC)CCC=C(C)C=CC1. The third-order valence-corrected chi connectivity index (χ3v) is 8.17. The maximum absolute atomic E-state index is 13.4. The number of ether oxygens (including phenoxy) is 3. The lowest BCUT2D eigenvalue weighted by Crippen LogP contribution is -2.46. The third kappa shape index (κ3) is 18.1. The Hall–Kier alpha value is -4.05. The van der Waals surface area contributed by atoms with Crippen molar-refractivity contribution in [2.75, 3.05) is 27.4 Å². The Bertz CT molecular complexity index is 1360. The van der Waals surface area contributed by atoms with E-state index in [0.717, 1.165) is 36.0 Å². The van der Waals surface area contributed by atoms with E-state index in [4.69, 9.17) is 14.2 Å². The second kappa shape index (κ2) is 25.0. The molecule has 276 valence electrons. The van der Waals surface area contributed by atoms with Crippen LogP contribution in [0.3, 0.4) is 0 Å². The average Bonchev–Trinajstić information content (AvgIpc) is 3.09. The Morgan fingerprint density at radius 2 is 1.70 bits per heavy atom. The molecule has 0 aromatic rings. The highest BCUT2D eigenvalue weighted by Crippen LogP contribution is 2.21. The number of rotatable bonds is 10. The maximum atomic E-state index is 13.4. The van der Waals surface area contributed by atoms with Gasteiger partial charge in [0.1, 0.15) is 12.1 Å². The molecule has 0 spiro atoms. The minimum atomic E-state index is -1.02. The molecular weight excluding hydrogens is 632 g/mol. The standard InChI is InChI=1S/C41H60N2O7/c1-29-14-12-18-36(48-8)17-11-10-16-33(5)39(34(6)23-22-32(4)26-42-40(46)38(27-44)43-28-45)50-41(47)35(7)24-30(2)20-21-31(3)25-37(49-9)19-13-15-29/h10-11,13-17,20-25,28,30,33,36-39,44H,12,18-19,26-27H2,1-9H3,(H,42,46)(H,43,45). The summed E-state index contributed by atoms with van der Waals surface area (Å²) in [6, 6.07) is -1.02. The fourth-order valence-corrected chi connectivity index (χ4v) is 5.05. The fraction of sp³-hybridized carbons (Fsp3) is 0.488. The molecule has 6 unspecified atom stereocenters. The molecule has 0 radical (unpaired) electrons. The Balaban J connectivity index is 3.39. The number of nitrogens with one attached hydrogen (secondary N) is 2. The fourth-order valence-electron chi connectivity index (χ4n) is 5.05. The molecule has 1 aliphatic rings. The molecule has 0 aliphatic carbocycles. The van der Waals surface area contributed by atoms with Gasteiger partial charge in [-0.1, -0.05) is 110 Å². The molecule has 0 aromatic carbocycles. The summed E-state index contributed by atoms with van der Waals surface area (Å²) < 4.78 is 17.5. The normalized spacial score (nSPS) is 24.6. The van der Waals surface area contributed by atoms with Crippen LogP contribution >= 0.6 is 0 Å². The third-order valence-electron chi connectivity index (χ3n) is 8.17. The zero-order chi connectivity index (χ0) is 37.5. The van der Waals surface area contributed by atoms with Gasteiger partial charge >= 0.3 is 5.97 Å². The summed E-state index contributed by atoms with van der Waals surface area (Å²) >= 11 is 0. The molecule has 0 bridgehead atoms. The first-order chi connectivity index (χ1) is 23.8. The average molecular weight is 693 g/mol. The van der Waals surface area contributed by atoms with E-state index in [-0.39, 0.29) is 30.6 Å². The highest BCUT2D eigenvalue weighted by atomic mass is 16.5. The quantitative estimate of drug-likeness (QED) is 0.135. The van der Waals surface area contributed by atoms with Crippen molar-refractivity contribution in [1.82, 2.24) is 10.6 Å². The number of carbonyl (C=O) groups excluding carboxylic acids is 3. The Morgan fingerprint density at radius 1 is 1.00 bits per heavy atom. The molecule has 1 heterocycles. The van der Waals surface area contributed by atoms with E-state index in [1.807, 2.05) is 89.3 Å². The minimum absolute atomic E-state index is 0.00986. The summed E-state index contributed by atoms with van der Waals surface area (Å²) in [5.74, 6) is -1.06. The van der Waals surface area contributed by atoms with Gasteiger partial charge in [-0.2, -0.15) is 0 Å². The summed E-state index contributed by atoms with van der Waals surface area (Å²) in [7, 11) is 3.42. The first-order valence-electron chi connectivity index (χ1n) is 17.3. The molecule has 9 heteroatoms. The second-order valence-electron chi connectivity index (χ2n) is 12.8. The predicted molar refractivity (Wildman–Crippen MR) is 202 cm³/mol. The highest BCUT2D eigenvalue weighted by Gasteiger charge is 2.22. The van der Waals surface area contributed by atoms with Crippen LogP contribution in [0.5, 0.6) is 0 Å². The van der Waals surface area contributed by atoms with Gasteiger partial charge in [-0.3, -0.25) is 9.59 Å². The highest BCUT2D eigenvalue weighted by molar-refractivity contribution is 5.88. The molecule has 1 rings (SSSR count). The number of aliphatic hydroxyl groups excluding tert-OH is 1. The second-order valence-corrected chi connectivity index (χ2v) is 12.8. The minimum Gasteiger partial charge on any atom is -0.454 e. The van der Waals surface area contributed by atoms with E-state index < -0.39 is 30.6 Å². The van der Waals surface area contributed by atoms with E-state index in [1.54, 1.807) is 21.1 Å². The Morgan fingerprint density at radius 3 is 2.36 bits per heavy atom. The topological polar surface area (TPSA) is 123 Å². The van der Waals surface area contributed by atoms with Crippen molar-refractivity contribution in [1.29, 1.82) is 0 Å². The molecular formula is C41H60N2O7.